The fraction of sp³-hybridized carbons (Fsp3) is 0.444. The van der Waals surface area contributed by atoms with E-state index >= 15 is 0 Å². The number of alkyl halides is 3. The van der Waals surface area contributed by atoms with Gasteiger partial charge in [0.05, 0.1) is 12.1 Å². The van der Waals surface area contributed by atoms with Crippen LogP contribution in [0, 0.1) is 0 Å². The normalized spacial score (nSPS) is 16.7. The van der Waals surface area contributed by atoms with Gasteiger partial charge in [-0.15, -0.1) is 0 Å². The molecular weight excluding hydrogens is 513 g/mol. The third-order valence-corrected chi connectivity index (χ3v) is 7.15. The molecule has 0 aliphatic carbocycles. The van der Waals surface area contributed by atoms with Gasteiger partial charge in [0, 0.05) is 57.3 Å². The van der Waals surface area contributed by atoms with Crippen LogP contribution in [0.3, 0.4) is 0 Å². The van der Waals surface area contributed by atoms with Gasteiger partial charge in [-0.3, -0.25) is 24.0 Å². The van der Waals surface area contributed by atoms with Crippen molar-refractivity contribution in [3.8, 4) is 0 Å². The number of piperazine rings is 1. The van der Waals surface area contributed by atoms with Crippen molar-refractivity contribution in [1.29, 1.82) is 0 Å². The highest BCUT2D eigenvalue weighted by Gasteiger charge is 2.33. The topological polar surface area (TPSA) is 91.6 Å². The van der Waals surface area contributed by atoms with Gasteiger partial charge in [0.15, 0.2) is 5.78 Å². The molecular formula is C27H29F3N6O3. The van der Waals surface area contributed by atoms with E-state index in [0.717, 1.165) is 37.4 Å². The number of nitrogens with zero attached hydrogens (tertiary/aromatic N) is 6. The number of hydrogen-bond donors (Lipinski definition) is 0. The molecule has 0 spiro atoms. The van der Waals surface area contributed by atoms with Crippen molar-refractivity contribution < 1.29 is 27.6 Å². The van der Waals surface area contributed by atoms with Crippen LogP contribution < -0.4 is 0 Å². The molecule has 0 radical (unpaired) electrons. The lowest BCUT2D eigenvalue weighted by atomic mass is 10.0. The van der Waals surface area contributed by atoms with E-state index in [1.165, 1.54) is 12.1 Å². The molecule has 0 unspecified atom stereocenters. The van der Waals surface area contributed by atoms with Crippen LogP contribution in [0.5, 0.6) is 0 Å². The summed E-state index contributed by atoms with van der Waals surface area (Å²) in [7, 11) is 0. The number of fused-ring (bicyclic) bond motifs is 1. The van der Waals surface area contributed by atoms with Crippen LogP contribution in [-0.2, 0) is 28.7 Å². The monoisotopic (exact) mass is 542 g/mol. The van der Waals surface area contributed by atoms with Crippen molar-refractivity contribution in [2.45, 2.75) is 32.0 Å². The Labute approximate surface area is 223 Å². The number of likely N-dealkylation sites (tertiary alicyclic amines) is 1. The van der Waals surface area contributed by atoms with Gasteiger partial charge in [0.2, 0.25) is 11.8 Å². The summed E-state index contributed by atoms with van der Waals surface area (Å²) in [5.41, 5.74) is -0.0999. The average Bonchev–Trinajstić information content (AvgIpc) is 3.58. The number of benzene rings is 1. The highest BCUT2D eigenvalue weighted by molar-refractivity contribution is 5.96. The van der Waals surface area contributed by atoms with E-state index in [1.807, 2.05) is 4.90 Å². The lowest BCUT2D eigenvalue weighted by Gasteiger charge is -2.35. The summed E-state index contributed by atoms with van der Waals surface area (Å²) in [4.78, 5) is 47.1. The van der Waals surface area contributed by atoms with Crippen LogP contribution in [-0.4, -0.2) is 92.9 Å². The van der Waals surface area contributed by atoms with Gasteiger partial charge in [-0.2, -0.15) is 18.3 Å². The number of ketones is 1. The van der Waals surface area contributed by atoms with Crippen LogP contribution in [0.4, 0.5) is 13.2 Å². The second-order valence-electron chi connectivity index (χ2n) is 9.97. The number of amides is 2. The van der Waals surface area contributed by atoms with E-state index in [1.54, 1.807) is 34.0 Å². The van der Waals surface area contributed by atoms with E-state index < -0.39 is 17.7 Å². The van der Waals surface area contributed by atoms with Crippen molar-refractivity contribution in [3.05, 3.63) is 59.5 Å². The van der Waals surface area contributed by atoms with Crippen LogP contribution in [0.25, 0.3) is 10.9 Å². The van der Waals surface area contributed by atoms with Crippen molar-refractivity contribution >= 4 is 28.5 Å². The van der Waals surface area contributed by atoms with Crippen molar-refractivity contribution in [2.75, 3.05) is 45.8 Å². The molecule has 2 aromatic heterocycles. The summed E-state index contributed by atoms with van der Waals surface area (Å²) < 4.78 is 40.4. The molecule has 2 saturated heterocycles. The fourth-order valence-electron chi connectivity index (χ4n) is 4.99. The van der Waals surface area contributed by atoms with E-state index in [9.17, 15) is 27.6 Å². The predicted molar refractivity (Wildman–Crippen MR) is 136 cm³/mol. The van der Waals surface area contributed by atoms with Gasteiger partial charge >= 0.3 is 6.18 Å². The summed E-state index contributed by atoms with van der Waals surface area (Å²) in [5, 5.41) is 5.17. The molecule has 0 atom stereocenters. The molecule has 2 aliphatic rings. The molecule has 0 saturated carbocycles. The Balaban J connectivity index is 1.16. The number of pyridine rings is 1. The van der Waals surface area contributed by atoms with E-state index in [4.69, 9.17) is 0 Å². The predicted octanol–water partition coefficient (Wildman–Crippen LogP) is 2.64. The SMILES string of the molecule is O=C(Cc1ccc2nn(CC(=O)N3CCN(CC(=O)N4CCCC4)CC3)cc2c1)c1cccc(C(F)(F)F)n1. The van der Waals surface area contributed by atoms with E-state index in [0.29, 0.717) is 43.8 Å². The smallest absolute Gasteiger partial charge is 0.342 e. The van der Waals surface area contributed by atoms with Gasteiger partial charge in [-0.05, 0) is 42.7 Å². The van der Waals surface area contributed by atoms with Gasteiger partial charge in [-0.1, -0.05) is 12.1 Å². The lowest BCUT2D eigenvalue weighted by molar-refractivity contribution is -0.141. The maximum Gasteiger partial charge on any atom is 0.433 e. The molecule has 1 aromatic carbocycles. The number of hydrogen-bond acceptors (Lipinski definition) is 6. The number of aromatic nitrogens is 3. The number of carbonyl (C=O) groups is 3. The van der Waals surface area contributed by atoms with Crippen LogP contribution in [0.15, 0.2) is 42.6 Å². The molecule has 2 aliphatic heterocycles. The maximum absolute atomic E-state index is 12.9. The minimum absolute atomic E-state index is 0.0593. The quantitative estimate of drug-likeness (QED) is 0.427. The molecule has 39 heavy (non-hydrogen) atoms. The summed E-state index contributed by atoms with van der Waals surface area (Å²) >= 11 is 0. The minimum Gasteiger partial charge on any atom is -0.342 e. The first-order valence-corrected chi connectivity index (χ1v) is 13.0. The molecule has 9 nitrogen and oxygen atoms in total. The van der Waals surface area contributed by atoms with Crippen molar-refractivity contribution in [1.82, 2.24) is 29.5 Å². The Kier molecular flexibility index (Phi) is 7.65. The Bertz CT molecular complexity index is 1370. The highest BCUT2D eigenvalue weighted by atomic mass is 19.4. The van der Waals surface area contributed by atoms with Crippen LogP contribution in [0.2, 0.25) is 0 Å². The summed E-state index contributed by atoms with van der Waals surface area (Å²) in [6.07, 6.45) is -0.894. The third kappa shape index (κ3) is 6.44. The van der Waals surface area contributed by atoms with Gasteiger partial charge in [0.25, 0.3) is 0 Å². The number of Topliss-reactive ketones (excluding diaryl/α,β-unsaturated/α-hetero) is 1. The van der Waals surface area contributed by atoms with E-state index in [-0.39, 0.29) is 30.5 Å². The number of halogens is 3. The second-order valence-corrected chi connectivity index (χ2v) is 9.97. The number of carbonyl (C=O) groups excluding carboxylic acids is 3. The van der Waals surface area contributed by atoms with Crippen LogP contribution in [0.1, 0.15) is 34.6 Å². The molecule has 2 fully saturated rings. The van der Waals surface area contributed by atoms with Gasteiger partial charge in [-0.25, -0.2) is 4.98 Å². The van der Waals surface area contributed by atoms with E-state index in [2.05, 4.69) is 15.0 Å². The fourth-order valence-corrected chi connectivity index (χ4v) is 4.99. The van der Waals surface area contributed by atoms with Crippen molar-refractivity contribution in [2.24, 2.45) is 0 Å². The Morgan fingerprint density at radius 1 is 0.846 bits per heavy atom. The molecule has 0 bridgehead atoms. The number of rotatable bonds is 7. The van der Waals surface area contributed by atoms with Gasteiger partial charge in [0.1, 0.15) is 17.9 Å². The second kappa shape index (κ2) is 11.1. The third-order valence-electron chi connectivity index (χ3n) is 7.15. The molecule has 0 N–H and O–H groups in total. The zero-order valence-electron chi connectivity index (χ0n) is 21.4. The molecule has 3 aromatic rings. The first-order chi connectivity index (χ1) is 18.7. The standard InChI is InChI=1S/C27H29F3N6O3/c28-27(29,30)24-5-3-4-22(31-24)23(37)15-19-6-7-21-20(14-19)16-36(32-21)18-26(39)35-12-10-33(11-13-35)17-25(38)34-8-1-2-9-34/h3-7,14,16H,1-2,8-13,15,17-18H2. The Morgan fingerprint density at radius 3 is 2.26 bits per heavy atom. The van der Waals surface area contributed by atoms with Crippen molar-refractivity contribution in [3.63, 3.8) is 0 Å². The van der Waals surface area contributed by atoms with Crippen LogP contribution >= 0.6 is 0 Å². The first kappa shape index (κ1) is 26.8. The molecule has 206 valence electrons. The minimum atomic E-state index is -4.62. The lowest BCUT2D eigenvalue weighted by Crippen LogP contribution is -2.52. The maximum atomic E-state index is 12.9. The Hall–Kier alpha value is -3.80. The molecule has 12 heteroatoms. The zero-order chi connectivity index (χ0) is 27.6. The summed E-state index contributed by atoms with van der Waals surface area (Å²) in [5.74, 6) is -0.439. The summed E-state index contributed by atoms with van der Waals surface area (Å²) in [6, 6.07) is 8.41. The Morgan fingerprint density at radius 2 is 1.54 bits per heavy atom. The first-order valence-electron chi connectivity index (χ1n) is 13.0. The zero-order valence-corrected chi connectivity index (χ0v) is 21.4. The molecule has 4 heterocycles. The largest absolute Gasteiger partial charge is 0.433 e. The molecule has 5 rings (SSSR count). The van der Waals surface area contributed by atoms with Gasteiger partial charge < -0.3 is 9.80 Å². The average molecular weight is 543 g/mol. The summed E-state index contributed by atoms with van der Waals surface area (Å²) in [6.45, 7) is 4.49. The molecule has 2 amide bonds. The highest BCUT2D eigenvalue weighted by Crippen LogP contribution is 2.27.